The molecule has 4 aromatic rings. The molecule has 45 heavy (non-hydrogen) atoms. The molecule has 1 amide bonds. The number of piperidine rings is 1. The van der Waals surface area contributed by atoms with Crippen LogP contribution >= 0.6 is 0 Å². The van der Waals surface area contributed by atoms with Gasteiger partial charge in [0.15, 0.2) is 0 Å². The lowest BCUT2D eigenvalue weighted by atomic mass is 9.80. The summed E-state index contributed by atoms with van der Waals surface area (Å²) in [6.45, 7) is 4.27. The summed E-state index contributed by atoms with van der Waals surface area (Å²) in [5.74, 6) is 2.35. The van der Waals surface area contributed by atoms with Gasteiger partial charge in [0, 0.05) is 74.7 Å². The molecular weight excluding hydrogens is 566 g/mol. The molecule has 8 heteroatoms. The highest BCUT2D eigenvalue weighted by molar-refractivity contribution is 5.85. The second kappa shape index (κ2) is 14.4. The molecule has 6 rings (SSSR count). The summed E-state index contributed by atoms with van der Waals surface area (Å²) in [5.41, 5.74) is 4.70. The lowest BCUT2D eigenvalue weighted by Gasteiger charge is -2.36. The number of hydrogen-bond acceptors (Lipinski definition) is 6. The van der Waals surface area contributed by atoms with Crippen molar-refractivity contribution in [2.45, 2.75) is 57.3 Å². The van der Waals surface area contributed by atoms with E-state index in [9.17, 15) is 4.79 Å². The number of rotatable bonds is 14. The van der Waals surface area contributed by atoms with Crippen LogP contribution in [0.1, 0.15) is 48.3 Å². The maximum Gasteiger partial charge on any atom is 0.228 e. The van der Waals surface area contributed by atoms with Gasteiger partial charge in [0.2, 0.25) is 5.91 Å². The van der Waals surface area contributed by atoms with Gasteiger partial charge in [-0.05, 0) is 60.9 Å². The van der Waals surface area contributed by atoms with E-state index >= 15 is 0 Å². The van der Waals surface area contributed by atoms with Crippen LogP contribution < -0.4 is 19.5 Å². The number of carbonyl (C=O) groups is 1. The van der Waals surface area contributed by atoms with E-state index in [0.717, 1.165) is 50.9 Å². The van der Waals surface area contributed by atoms with Crippen molar-refractivity contribution < 1.29 is 23.7 Å². The van der Waals surface area contributed by atoms with Crippen LogP contribution in [0.25, 0.3) is 10.9 Å². The second-order valence-electron chi connectivity index (χ2n) is 12.2. The number of nitrogens with one attached hydrogen (secondary N) is 1. The van der Waals surface area contributed by atoms with Crippen molar-refractivity contribution in [3.63, 3.8) is 0 Å². The average Bonchev–Trinajstić information content (AvgIpc) is 3.88. The maximum absolute atomic E-state index is 14.5. The largest absolute Gasteiger partial charge is 0.496 e. The fourth-order valence-corrected chi connectivity index (χ4v) is 6.64. The van der Waals surface area contributed by atoms with Gasteiger partial charge in [-0.3, -0.25) is 4.79 Å². The molecular formula is C37H45N3O5. The summed E-state index contributed by atoms with van der Waals surface area (Å²) in [7, 11) is 5.01. The third-order valence-electron chi connectivity index (χ3n) is 9.14. The minimum Gasteiger partial charge on any atom is -0.496 e. The number of aryl methyl sites for hydroxylation is 1. The first-order valence-electron chi connectivity index (χ1n) is 16.1. The molecule has 3 aromatic carbocycles. The quantitative estimate of drug-likeness (QED) is 0.172. The zero-order valence-electron chi connectivity index (χ0n) is 26.7. The molecule has 2 aliphatic rings. The highest BCUT2D eigenvalue weighted by Crippen LogP contribution is 2.37. The fourth-order valence-electron chi connectivity index (χ4n) is 6.64. The first-order valence-corrected chi connectivity index (χ1v) is 16.1. The van der Waals surface area contributed by atoms with Gasteiger partial charge in [-0.15, -0.1) is 0 Å². The zero-order valence-corrected chi connectivity index (χ0v) is 26.7. The summed E-state index contributed by atoms with van der Waals surface area (Å²) in [5, 5.41) is 4.76. The molecule has 1 saturated carbocycles. The molecule has 2 heterocycles. The Morgan fingerprint density at radius 1 is 0.933 bits per heavy atom. The van der Waals surface area contributed by atoms with Gasteiger partial charge < -0.3 is 33.7 Å². The number of aromatic nitrogens is 1. The predicted octanol–water partition coefficient (Wildman–Crippen LogP) is 6.16. The molecule has 238 valence electrons. The minimum atomic E-state index is -0.117. The second-order valence-corrected chi connectivity index (χ2v) is 12.2. The van der Waals surface area contributed by atoms with Crippen molar-refractivity contribution in [1.29, 1.82) is 0 Å². The number of methoxy groups -OCH3 is 3. The average molecular weight is 612 g/mol. The Kier molecular flexibility index (Phi) is 9.91. The lowest BCUT2D eigenvalue weighted by Crippen LogP contribution is -2.47. The lowest BCUT2D eigenvalue weighted by molar-refractivity contribution is -0.138. The predicted molar refractivity (Wildman–Crippen MR) is 176 cm³/mol. The van der Waals surface area contributed by atoms with Crippen molar-refractivity contribution in [3.8, 4) is 17.2 Å². The molecule has 1 aromatic heterocycles. The molecule has 2 fully saturated rings. The molecule has 2 atom stereocenters. The number of ether oxygens (including phenoxy) is 4. The Hall–Kier alpha value is -4.01. The number of nitrogens with zero attached hydrogens (tertiary/aromatic N) is 2. The molecule has 1 aliphatic carbocycles. The van der Waals surface area contributed by atoms with E-state index in [1.807, 2.05) is 18.2 Å². The highest BCUT2D eigenvalue weighted by Gasteiger charge is 2.40. The van der Waals surface area contributed by atoms with E-state index in [-0.39, 0.29) is 17.7 Å². The topological polar surface area (TPSA) is 74.2 Å². The van der Waals surface area contributed by atoms with Crippen LogP contribution in [0.3, 0.4) is 0 Å². The van der Waals surface area contributed by atoms with Crippen LogP contribution in [0.2, 0.25) is 0 Å². The van der Waals surface area contributed by atoms with Crippen LogP contribution in [-0.2, 0) is 29.2 Å². The molecule has 0 spiro atoms. The van der Waals surface area contributed by atoms with E-state index in [4.69, 9.17) is 18.9 Å². The minimum absolute atomic E-state index is 0.117. The van der Waals surface area contributed by atoms with Crippen molar-refractivity contribution >= 4 is 16.8 Å². The summed E-state index contributed by atoms with van der Waals surface area (Å²) in [6.07, 6.45) is 6.27. The summed E-state index contributed by atoms with van der Waals surface area (Å²) in [6, 6.07) is 23.0. The molecule has 8 nitrogen and oxygen atoms in total. The van der Waals surface area contributed by atoms with Gasteiger partial charge in [0.1, 0.15) is 23.9 Å². The van der Waals surface area contributed by atoms with E-state index in [0.29, 0.717) is 43.0 Å². The SMILES string of the molecule is COCCCn1cc(CN(C(=O)[C@H]2CNCC[C@@H]2c2cccc(COc3cc(OC)cc(OC)c3)c2)C2CC2)c2ccccc21. The van der Waals surface area contributed by atoms with Gasteiger partial charge in [-0.1, -0.05) is 42.5 Å². The Balaban J connectivity index is 1.20. The van der Waals surface area contributed by atoms with Crippen molar-refractivity contribution in [3.05, 3.63) is 89.6 Å². The number of carbonyl (C=O) groups excluding carboxylic acids is 1. The van der Waals surface area contributed by atoms with E-state index in [1.54, 1.807) is 21.3 Å². The Bertz CT molecular complexity index is 1570. The molecule has 0 bridgehead atoms. The Labute approximate surface area is 266 Å². The van der Waals surface area contributed by atoms with E-state index in [1.165, 1.54) is 22.0 Å². The molecule has 0 unspecified atom stereocenters. The van der Waals surface area contributed by atoms with E-state index in [2.05, 4.69) is 69.5 Å². The maximum atomic E-state index is 14.5. The third-order valence-corrected chi connectivity index (χ3v) is 9.14. The van der Waals surface area contributed by atoms with Gasteiger partial charge in [-0.25, -0.2) is 0 Å². The third kappa shape index (κ3) is 7.29. The van der Waals surface area contributed by atoms with Gasteiger partial charge in [-0.2, -0.15) is 0 Å². The Morgan fingerprint density at radius 3 is 2.47 bits per heavy atom. The standard InChI is InChI=1S/C37H45N3O5/c1-42-17-7-16-39-23-28(34-10-4-5-11-36(34)39)24-40(29-12-13-29)37(41)35-22-38-15-14-33(35)27-9-6-8-26(18-27)25-45-32-20-30(43-2)19-31(21-32)44-3/h4-6,8-11,18-21,23,29,33,35,38H,7,12-17,22,24-25H2,1-3H3/t33-,35+/m1/s1. The molecule has 1 saturated heterocycles. The number of amides is 1. The first kappa shape index (κ1) is 31.0. The van der Waals surface area contributed by atoms with Gasteiger partial charge in [0.25, 0.3) is 0 Å². The normalized spacial score (nSPS) is 18.1. The number of fused-ring (bicyclic) bond motifs is 1. The van der Waals surface area contributed by atoms with Crippen LogP contribution in [-0.4, -0.2) is 62.4 Å². The van der Waals surface area contributed by atoms with Crippen LogP contribution in [0.4, 0.5) is 0 Å². The monoisotopic (exact) mass is 611 g/mol. The Morgan fingerprint density at radius 2 is 1.71 bits per heavy atom. The van der Waals surface area contributed by atoms with Crippen LogP contribution in [0.15, 0.2) is 72.9 Å². The van der Waals surface area contributed by atoms with Crippen molar-refractivity contribution in [2.24, 2.45) is 5.92 Å². The number of hydrogen-bond donors (Lipinski definition) is 1. The molecule has 1 aliphatic heterocycles. The first-order chi connectivity index (χ1) is 22.1. The van der Waals surface area contributed by atoms with Crippen LogP contribution in [0.5, 0.6) is 17.2 Å². The van der Waals surface area contributed by atoms with Crippen LogP contribution in [0, 0.1) is 5.92 Å². The summed E-state index contributed by atoms with van der Waals surface area (Å²) < 4.78 is 24.6. The molecule has 1 N–H and O–H groups in total. The van der Waals surface area contributed by atoms with Crippen molar-refractivity contribution in [1.82, 2.24) is 14.8 Å². The van der Waals surface area contributed by atoms with Gasteiger partial charge >= 0.3 is 0 Å². The number of para-hydroxylation sites is 1. The fraction of sp³-hybridized carbons (Fsp3) is 0.432. The highest BCUT2D eigenvalue weighted by atomic mass is 16.5. The van der Waals surface area contributed by atoms with Crippen molar-refractivity contribution in [2.75, 3.05) is 41.0 Å². The number of benzene rings is 3. The van der Waals surface area contributed by atoms with E-state index < -0.39 is 0 Å². The van der Waals surface area contributed by atoms with Gasteiger partial charge in [0.05, 0.1) is 20.1 Å². The molecule has 0 radical (unpaired) electrons. The smallest absolute Gasteiger partial charge is 0.228 e. The summed E-state index contributed by atoms with van der Waals surface area (Å²) in [4.78, 5) is 16.6. The zero-order chi connectivity index (χ0) is 31.2. The summed E-state index contributed by atoms with van der Waals surface area (Å²) >= 11 is 0.